The molecular formula is C10H17N3O3. The van der Waals surface area contributed by atoms with Crippen LogP contribution in [-0.2, 0) is 16.1 Å². The Labute approximate surface area is 94.1 Å². The molecule has 0 radical (unpaired) electrons. The van der Waals surface area contributed by atoms with Crippen LogP contribution >= 0.6 is 0 Å². The third kappa shape index (κ3) is 3.01. The van der Waals surface area contributed by atoms with Crippen molar-refractivity contribution in [2.24, 2.45) is 5.73 Å². The van der Waals surface area contributed by atoms with Crippen LogP contribution in [0.5, 0.6) is 0 Å². The van der Waals surface area contributed by atoms with Gasteiger partial charge in [-0.3, -0.25) is 0 Å². The molecule has 2 heterocycles. The van der Waals surface area contributed by atoms with E-state index in [2.05, 4.69) is 10.1 Å². The van der Waals surface area contributed by atoms with Crippen molar-refractivity contribution in [2.75, 3.05) is 26.4 Å². The molecule has 0 spiro atoms. The third-order valence-electron chi connectivity index (χ3n) is 2.56. The highest BCUT2D eigenvalue weighted by molar-refractivity contribution is 4.96. The van der Waals surface area contributed by atoms with Gasteiger partial charge >= 0.3 is 0 Å². The van der Waals surface area contributed by atoms with Gasteiger partial charge in [0, 0.05) is 25.7 Å². The Morgan fingerprint density at radius 2 is 2.19 bits per heavy atom. The van der Waals surface area contributed by atoms with Crippen molar-refractivity contribution in [3.8, 4) is 0 Å². The first-order valence-corrected chi connectivity index (χ1v) is 5.58. The number of aromatic nitrogens is 2. The van der Waals surface area contributed by atoms with E-state index in [0.717, 1.165) is 31.9 Å². The molecule has 0 aliphatic carbocycles. The van der Waals surface area contributed by atoms with E-state index in [1.807, 2.05) is 0 Å². The SMILES string of the molecule is NCCOCc1nc(C2CCOCC2)no1. The monoisotopic (exact) mass is 227 g/mol. The summed E-state index contributed by atoms with van der Waals surface area (Å²) in [4.78, 5) is 4.31. The van der Waals surface area contributed by atoms with Crippen molar-refractivity contribution in [2.45, 2.75) is 25.4 Å². The van der Waals surface area contributed by atoms with E-state index in [4.69, 9.17) is 19.7 Å². The molecular weight excluding hydrogens is 210 g/mol. The Morgan fingerprint density at radius 1 is 1.38 bits per heavy atom. The van der Waals surface area contributed by atoms with E-state index in [0.29, 0.717) is 31.6 Å². The highest BCUT2D eigenvalue weighted by Gasteiger charge is 2.21. The topological polar surface area (TPSA) is 83.4 Å². The van der Waals surface area contributed by atoms with E-state index in [9.17, 15) is 0 Å². The summed E-state index contributed by atoms with van der Waals surface area (Å²) >= 11 is 0. The molecule has 0 bridgehead atoms. The van der Waals surface area contributed by atoms with Gasteiger partial charge in [0.15, 0.2) is 5.82 Å². The first kappa shape index (κ1) is 11.5. The molecule has 0 aromatic carbocycles. The molecule has 90 valence electrons. The number of rotatable bonds is 5. The van der Waals surface area contributed by atoms with Gasteiger partial charge in [0.05, 0.1) is 6.61 Å². The second-order valence-electron chi connectivity index (χ2n) is 3.77. The molecule has 1 aromatic rings. The minimum Gasteiger partial charge on any atom is -0.381 e. The fourth-order valence-corrected chi connectivity index (χ4v) is 1.69. The maximum absolute atomic E-state index is 5.31. The Balaban J connectivity index is 1.85. The molecule has 0 unspecified atom stereocenters. The molecule has 6 nitrogen and oxygen atoms in total. The van der Waals surface area contributed by atoms with Crippen molar-refractivity contribution in [3.63, 3.8) is 0 Å². The van der Waals surface area contributed by atoms with Crippen LogP contribution in [0, 0.1) is 0 Å². The Morgan fingerprint density at radius 3 is 2.94 bits per heavy atom. The molecule has 0 atom stereocenters. The fourth-order valence-electron chi connectivity index (χ4n) is 1.69. The third-order valence-corrected chi connectivity index (χ3v) is 2.56. The van der Waals surface area contributed by atoms with E-state index in [-0.39, 0.29) is 0 Å². The normalized spacial score (nSPS) is 17.8. The van der Waals surface area contributed by atoms with Crippen molar-refractivity contribution in [3.05, 3.63) is 11.7 Å². The van der Waals surface area contributed by atoms with E-state index in [1.54, 1.807) is 0 Å². The summed E-state index contributed by atoms with van der Waals surface area (Å²) in [6.07, 6.45) is 1.92. The van der Waals surface area contributed by atoms with Crippen LogP contribution in [0.1, 0.15) is 30.5 Å². The van der Waals surface area contributed by atoms with Gasteiger partial charge < -0.3 is 19.7 Å². The maximum Gasteiger partial charge on any atom is 0.252 e. The van der Waals surface area contributed by atoms with Gasteiger partial charge in [-0.05, 0) is 12.8 Å². The minimum atomic E-state index is 0.341. The van der Waals surface area contributed by atoms with Crippen LogP contribution in [0.2, 0.25) is 0 Å². The van der Waals surface area contributed by atoms with Gasteiger partial charge in [-0.25, -0.2) is 0 Å². The molecule has 6 heteroatoms. The van der Waals surface area contributed by atoms with Gasteiger partial charge in [-0.15, -0.1) is 0 Å². The fraction of sp³-hybridized carbons (Fsp3) is 0.800. The van der Waals surface area contributed by atoms with Crippen LogP contribution < -0.4 is 5.73 Å². The number of hydrogen-bond acceptors (Lipinski definition) is 6. The van der Waals surface area contributed by atoms with E-state index >= 15 is 0 Å². The predicted molar refractivity (Wildman–Crippen MR) is 55.8 cm³/mol. The molecule has 1 aromatic heterocycles. The molecule has 1 saturated heterocycles. The van der Waals surface area contributed by atoms with Crippen LogP contribution in [0.15, 0.2) is 4.52 Å². The summed E-state index contributed by atoms with van der Waals surface area (Å²) < 4.78 is 15.6. The van der Waals surface area contributed by atoms with Crippen molar-refractivity contribution < 1.29 is 14.0 Å². The molecule has 1 aliphatic rings. The number of ether oxygens (including phenoxy) is 2. The van der Waals surface area contributed by atoms with Crippen LogP contribution in [-0.4, -0.2) is 36.5 Å². The number of nitrogens with two attached hydrogens (primary N) is 1. The van der Waals surface area contributed by atoms with Crippen molar-refractivity contribution in [1.29, 1.82) is 0 Å². The summed E-state index contributed by atoms with van der Waals surface area (Å²) in [5.41, 5.74) is 5.31. The molecule has 1 fully saturated rings. The average Bonchev–Trinajstić information content (AvgIpc) is 2.79. The number of nitrogens with zero attached hydrogens (tertiary/aromatic N) is 2. The molecule has 0 amide bonds. The molecule has 1 aliphatic heterocycles. The molecule has 16 heavy (non-hydrogen) atoms. The summed E-state index contributed by atoms with van der Waals surface area (Å²) in [7, 11) is 0. The first-order chi connectivity index (χ1) is 7.90. The Kier molecular flexibility index (Phi) is 4.26. The largest absolute Gasteiger partial charge is 0.381 e. The van der Waals surface area contributed by atoms with Gasteiger partial charge in [0.2, 0.25) is 0 Å². The highest BCUT2D eigenvalue weighted by Crippen LogP contribution is 2.24. The van der Waals surface area contributed by atoms with Crippen LogP contribution in [0.25, 0.3) is 0 Å². The lowest BCUT2D eigenvalue weighted by Crippen LogP contribution is -2.15. The van der Waals surface area contributed by atoms with E-state index < -0.39 is 0 Å². The number of hydrogen-bond donors (Lipinski definition) is 1. The predicted octanol–water partition coefficient (Wildman–Crippen LogP) is 0.439. The molecule has 2 N–H and O–H groups in total. The quantitative estimate of drug-likeness (QED) is 0.735. The lowest BCUT2D eigenvalue weighted by Gasteiger charge is -2.18. The second kappa shape index (κ2) is 5.93. The van der Waals surface area contributed by atoms with Gasteiger partial charge in [-0.2, -0.15) is 4.98 Å². The maximum atomic E-state index is 5.31. The highest BCUT2D eigenvalue weighted by atomic mass is 16.5. The standard InChI is InChI=1S/C10H17N3O3/c11-3-6-15-7-9-12-10(13-16-9)8-1-4-14-5-2-8/h8H,1-7,11H2. The second-order valence-corrected chi connectivity index (χ2v) is 3.77. The summed E-state index contributed by atoms with van der Waals surface area (Å²) in [6.45, 7) is 2.90. The van der Waals surface area contributed by atoms with Crippen LogP contribution in [0.3, 0.4) is 0 Å². The van der Waals surface area contributed by atoms with Gasteiger partial charge in [0.1, 0.15) is 6.61 Å². The summed E-state index contributed by atoms with van der Waals surface area (Å²) in [5.74, 6) is 1.66. The lowest BCUT2D eigenvalue weighted by atomic mass is 10.00. The zero-order valence-corrected chi connectivity index (χ0v) is 9.22. The molecule has 0 saturated carbocycles. The lowest BCUT2D eigenvalue weighted by molar-refractivity contribution is 0.0830. The summed E-state index contributed by atoms with van der Waals surface area (Å²) in [6, 6.07) is 0. The minimum absolute atomic E-state index is 0.341. The smallest absolute Gasteiger partial charge is 0.252 e. The molecule has 2 rings (SSSR count). The van der Waals surface area contributed by atoms with Gasteiger partial charge in [0.25, 0.3) is 5.89 Å². The van der Waals surface area contributed by atoms with E-state index in [1.165, 1.54) is 0 Å². The summed E-state index contributed by atoms with van der Waals surface area (Å²) in [5, 5.41) is 3.97. The van der Waals surface area contributed by atoms with Crippen LogP contribution in [0.4, 0.5) is 0 Å². The first-order valence-electron chi connectivity index (χ1n) is 5.58. The van der Waals surface area contributed by atoms with Crippen molar-refractivity contribution in [1.82, 2.24) is 10.1 Å². The Hall–Kier alpha value is -0.980. The Bertz CT molecular complexity index is 310. The van der Waals surface area contributed by atoms with Gasteiger partial charge in [-0.1, -0.05) is 5.16 Å². The average molecular weight is 227 g/mol. The zero-order valence-electron chi connectivity index (χ0n) is 9.22. The van der Waals surface area contributed by atoms with Crippen molar-refractivity contribution >= 4 is 0 Å². The zero-order chi connectivity index (χ0) is 11.2.